The van der Waals surface area contributed by atoms with Crippen LogP contribution < -0.4 is 5.32 Å². The number of benzene rings is 1. The summed E-state index contributed by atoms with van der Waals surface area (Å²) in [6, 6.07) is 10.5. The van der Waals surface area contributed by atoms with E-state index in [2.05, 4.69) is 47.6 Å². The number of carbonyl (C=O) groups excluding carboxylic acids is 2. The number of fused-ring (bicyclic) bond motifs is 2. The minimum Gasteiger partial charge on any atom is -0.338 e. The van der Waals surface area contributed by atoms with Crippen molar-refractivity contribution in [3.63, 3.8) is 0 Å². The van der Waals surface area contributed by atoms with Gasteiger partial charge in [0.05, 0.1) is 0 Å². The van der Waals surface area contributed by atoms with E-state index < -0.39 is 0 Å². The van der Waals surface area contributed by atoms with Gasteiger partial charge in [0, 0.05) is 31.8 Å². The lowest BCUT2D eigenvalue weighted by Crippen LogP contribution is -2.27. The van der Waals surface area contributed by atoms with E-state index in [0.29, 0.717) is 30.5 Å². The number of nitrogens with zero attached hydrogens (tertiary/aromatic N) is 2. The molecule has 1 N–H and O–H groups in total. The van der Waals surface area contributed by atoms with Crippen molar-refractivity contribution in [2.75, 3.05) is 18.4 Å². The first-order chi connectivity index (χ1) is 14.6. The highest BCUT2D eigenvalue weighted by atomic mass is 16.2. The molecule has 1 fully saturated rings. The molecule has 5 heteroatoms. The molecule has 3 heterocycles. The fourth-order valence-corrected chi connectivity index (χ4v) is 4.86. The van der Waals surface area contributed by atoms with Crippen LogP contribution in [0.15, 0.2) is 48.7 Å². The summed E-state index contributed by atoms with van der Waals surface area (Å²) in [6.07, 6.45) is 9.77. The molecule has 2 amide bonds. The Kier molecular flexibility index (Phi) is 4.74. The van der Waals surface area contributed by atoms with Crippen molar-refractivity contribution in [2.24, 2.45) is 11.8 Å². The minimum absolute atomic E-state index is 0.00711. The Morgan fingerprint density at radius 1 is 1.23 bits per heavy atom. The molecule has 0 bridgehead atoms. The first kappa shape index (κ1) is 18.8. The van der Waals surface area contributed by atoms with Crippen molar-refractivity contribution in [1.29, 1.82) is 0 Å². The van der Waals surface area contributed by atoms with Gasteiger partial charge in [-0.25, -0.2) is 4.98 Å². The number of rotatable bonds is 3. The van der Waals surface area contributed by atoms with Gasteiger partial charge in [0.1, 0.15) is 5.82 Å². The van der Waals surface area contributed by atoms with Crippen LogP contribution in [0.5, 0.6) is 0 Å². The number of aryl methyl sites for hydroxylation is 2. The summed E-state index contributed by atoms with van der Waals surface area (Å²) in [5.74, 6) is 1.67. The highest BCUT2D eigenvalue weighted by Crippen LogP contribution is 2.41. The maximum Gasteiger partial charge on any atom is 0.246 e. The zero-order valence-corrected chi connectivity index (χ0v) is 17.1. The van der Waals surface area contributed by atoms with E-state index in [1.807, 2.05) is 17.0 Å². The second-order valence-electron chi connectivity index (χ2n) is 8.54. The maximum atomic E-state index is 12.7. The number of aromatic nitrogens is 1. The number of hydrogen-bond acceptors (Lipinski definition) is 3. The lowest BCUT2D eigenvalue weighted by Gasteiger charge is -2.16. The highest BCUT2D eigenvalue weighted by Gasteiger charge is 2.37. The van der Waals surface area contributed by atoms with E-state index in [1.165, 1.54) is 16.7 Å². The predicted molar refractivity (Wildman–Crippen MR) is 118 cm³/mol. The van der Waals surface area contributed by atoms with Crippen LogP contribution in [0, 0.1) is 18.8 Å². The minimum atomic E-state index is 0.00711. The lowest BCUT2D eigenvalue weighted by molar-refractivity contribution is -0.125. The average Bonchev–Trinajstić information content (AvgIpc) is 3.31. The molecule has 2 unspecified atom stereocenters. The molecular weight excluding hydrogens is 374 g/mol. The van der Waals surface area contributed by atoms with Crippen LogP contribution in [-0.4, -0.2) is 34.8 Å². The van der Waals surface area contributed by atoms with Gasteiger partial charge >= 0.3 is 0 Å². The van der Waals surface area contributed by atoms with E-state index in [4.69, 9.17) is 0 Å². The van der Waals surface area contributed by atoms with Crippen LogP contribution in [0.1, 0.15) is 35.1 Å². The SMILES string of the molecule is Cc1ccccc1C1=CC2CN(C(=O)C=Cc3cnc4c(c3)CCC(=O)N4)CC2C1. The number of carbonyl (C=O) groups is 2. The third-order valence-corrected chi connectivity index (χ3v) is 6.48. The maximum absolute atomic E-state index is 12.7. The van der Waals surface area contributed by atoms with Crippen molar-refractivity contribution in [1.82, 2.24) is 9.88 Å². The van der Waals surface area contributed by atoms with Crippen LogP contribution in [-0.2, 0) is 16.0 Å². The molecule has 0 radical (unpaired) electrons. The Bertz CT molecular complexity index is 1090. The molecule has 5 nitrogen and oxygen atoms in total. The predicted octanol–water partition coefficient (Wildman–Crippen LogP) is 3.85. The van der Waals surface area contributed by atoms with E-state index >= 15 is 0 Å². The molecule has 3 aliphatic rings. The van der Waals surface area contributed by atoms with Crippen molar-refractivity contribution >= 4 is 29.3 Å². The Morgan fingerprint density at radius 2 is 2.10 bits per heavy atom. The van der Waals surface area contributed by atoms with Crippen LogP contribution in [0.25, 0.3) is 11.6 Å². The third kappa shape index (κ3) is 3.56. The van der Waals surface area contributed by atoms with E-state index in [9.17, 15) is 9.59 Å². The largest absolute Gasteiger partial charge is 0.338 e. The van der Waals surface area contributed by atoms with Crippen LogP contribution in [0.2, 0.25) is 0 Å². The van der Waals surface area contributed by atoms with Gasteiger partial charge in [-0.3, -0.25) is 9.59 Å². The van der Waals surface area contributed by atoms with Gasteiger partial charge < -0.3 is 10.2 Å². The summed E-state index contributed by atoms with van der Waals surface area (Å²) in [5, 5.41) is 2.78. The average molecular weight is 399 g/mol. The molecule has 1 saturated heterocycles. The Morgan fingerprint density at radius 3 is 2.93 bits per heavy atom. The number of likely N-dealkylation sites (tertiary alicyclic amines) is 1. The van der Waals surface area contributed by atoms with Crippen molar-refractivity contribution in [2.45, 2.75) is 26.2 Å². The Labute approximate surface area is 176 Å². The molecule has 1 aromatic carbocycles. The molecule has 2 aromatic rings. The number of hydrogen-bond donors (Lipinski definition) is 1. The lowest BCUT2D eigenvalue weighted by atomic mass is 9.96. The zero-order chi connectivity index (χ0) is 20.7. The van der Waals surface area contributed by atoms with Gasteiger partial charge in [-0.1, -0.05) is 30.3 Å². The monoisotopic (exact) mass is 399 g/mol. The number of nitrogens with one attached hydrogen (secondary N) is 1. The standard InChI is InChI=1S/C25H25N3O2/c1-16-4-2-3-5-22(16)19-11-20-14-28(15-21(20)12-19)24(30)9-6-17-10-18-7-8-23(29)27-25(18)26-13-17/h2-6,9-11,13,20-21H,7-8,12,14-15H2,1H3,(H,26,27,29). The molecule has 0 spiro atoms. The second kappa shape index (κ2) is 7.56. The third-order valence-electron chi connectivity index (χ3n) is 6.48. The van der Waals surface area contributed by atoms with Gasteiger partial charge in [0.15, 0.2) is 0 Å². The van der Waals surface area contributed by atoms with E-state index in [1.54, 1.807) is 12.3 Å². The number of anilines is 1. The van der Waals surface area contributed by atoms with E-state index in [0.717, 1.165) is 30.6 Å². The summed E-state index contributed by atoms with van der Waals surface area (Å²) < 4.78 is 0. The molecule has 152 valence electrons. The fraction of sp³-hybridized carbons (Fsp3) is 0.320. The quantitative estimate of drug-likeness (QED) is 0.798. The number of allylic oxidation sites excluding steroid dienone is 1. The van der Waals surface area contributed by atoms with Crippen LogP contribution in [0.3, 0.4) is 0 Å². The first-order valence-corrected chi connectivity index (χ1v) is 10.6. The molecule has 2 atom stereocenters. The molecule has 5 rings (SSSR count). The summed E-state index contributed by atoms with van der Waals surface area (Å²) in [6.45, 7) is 3.76. The smallest absolute Gasteiger partial charge is 0.246 e. The number of amides is 2. The Hall–Kier alpha value is -3.21. The van der Waals surface area contributed by atoms with Crippen molar-refractivity contribution in [3.05, 3.63) is 70.9 Å². The molecule has 30 heavy (non-hydrogen) atoms. The van der Waals surface area contributed by atoms with Gasteiger partial charge in [-0.2, -0.15) is 0 Å². The highest BCUT2D eigenvalue weighted by molar-refractivity contribution is 5.94. The molecule has 2 aliphatic heterocycles. The van der Waals surface area contributed by atoms with Gasteiger partial charge in [-0.15, -0.1) is 0 Å². The van der Waals surface area contributed by atoms with Crippen LogP contribution in [0.4, 0.5) is 5.82 Å². The van der Waals surface area contributed by atoms with Crippen molar-refractivity contribution < 1.29 is 9.59 Å². The molecular formula is C25H25N3O2. The summed E-state index contributed by atoms with van der Waals surface area (Å²) >= 11 is 0. The van der Waals surface area contributed by atoms with Crippen molar-refractivity contribution in [3.8, 4) is 0 Å². The Balaban J connectivity index is 1.24. The van der Waals surface area contributed by atoms with Gasteiger partial charge in [-0.05, 0) is 71.6 Å². The summed E-state index contributed by atoms with van der Waals surface area (Å²) in [7, 11) is 0. The van der Waals surface area contributed by atoms with Gasteiger partial charge in [0.2, 0.25) is 11.8 Å². The summed E-state index contributed by atoms with van der Waals surface area (Å²) in [5.41, 5.74) is 6.00. The first-order valence-electron chi connectivity index (χ1n) is 10.6. The fourth-order valence-electron chi connectivity index (χ4n) is 4.86. The second-order valence-corrected chi connectivity index (χ2v) is 8.54. The summed E-state index contributed by atoms with van der Waals surface area (Å²) in [4.78, 5) is 30.5. The van der Waals surface area contributed by atoms with Crippen LogP contribution >= 0.6 is 0 Å². The molecule has 1 aromatic heterocycles. The van der Waals surface area contributed by atoms with Gasteiger partial charge in [0.25, 0.3) is 0 Å². The topological polar surface area (TPSA) is 62.3 Å². The molecule has 0 saturated carbocycles. The van der Waals surface area contributed by atoms with E-state index in [-0.39, 0.29) is 11.8 Å². The normalized spacial score (nSPS) is 22.6. The zero-order valence-electron chi connectivity index (χ0n) is 17.1. The molecule has 1 aliphatic carbocycles. The number of pyridine rings is 1.